The van der Waals surface area contributed by atoms with Gasteiger partial charge in [-0.05, 0) is 61.0 Å². The zero-order valence-electron chi connectivity index (χ0n) is 17.7. The van der Waals surface area contributed by atoms with Crippen LogP contribution in [0.15, 0.2) is 48.7 Å². The van der Waals surface area contributed by atoms with Crippen LogP contribution in [0.25, 0.3) is 10.9 Å². The molecule has 0 unspecified atom stereocenters. The maximum atomic E-state index is 13.7. The van der Waals surface area contributed by atoms with E-state index in [1.54, 1.807) is 24.3 Å². The smallest absolute Gasteiger partial charge is 0.340 e. The monoisotopic (exact) mass is 455 g/mol. The molecule has 0 saturated heterocycles. The molecule has 3 rings (SSSR count). The Kier molecular flexibility index (Phi) is 8.09. The summed E-state index contributed by atoms with van der Waals surface area (Å²) >= 11 is 0. The lowest BCUT2D eigenvalue weighted by Gasteiger charge is -2.16. The fourth-order valence-electron chi connectivity index (χ4n) is 3.35. The molecule has 2 aromatic carbocycles. The molecule has 0 radical (unpaired) electrons. The Morgan fingerprint density at radius 1 is 1.09 bits per heavy atom. The zero-order valence-corrected chi connectivity index (χ0v) is 17.7. The van der Waals surface area contributed by atoms with Gasteiger partial charge in [0, 0.05) is 18.1 Å². The molecule has 0 atom stereocenters. The van der Waals surface area contributed by atoms with E-state index >= 15 is 0 Å². The molecule has 1 heterocycles. The summed E-state index contributed by atoms with van der Waals surface area (Å²) in [5.41, 5.74) is 2.68. The molecule has 9 heteroatoms. The Bertz CT molecular complexity index is 1020. The topological polar surface area (TPSA) is 38.2 Å². The SMILES string of the molecule is CCNCn1cc(CCNCc2cccc(OCC(F)(F)C(F)F)c2)c2ccc(F)cc21. The Labute approximate surface area is 183 Å². The van der Waals surface area contributed by atoms with Crippen molar-refractivity contribution in [1.82, 2.24) is 15.2 Å². The quantitative estimate of drug-likeness (QED) is 0.300. The second-order valence-electron chi connectivity index (χ2n) is 7.47. The molecule has 0 aliphatic rings. The van der Waals surface area contributed by atoms with Crippen molar-refractivity contribution < 1.29 is 26.7 Å². The summed E-state index contributed by atoms with van der Waals surface area (Å²) in [4.78, 5) is 0. The molecule has 0 fully saturated rings. The predicted molar refractivity (Wildman–Crippen MR) is 114 cm³/mol. The van der Waals surface area contributed by atoms with E-state index in [2.05, 4.69) is 10.6 Å². The van der Waals surface area contributed by atoms with Crippen molar-refractivity contribution in [1.29, 1.82) is 0 Å². The van der Waals surface area contributed by atoms with Gasteiger partial charge in [0.25, 0.3) is 0 Å². The standard InChI is InChI=1S/C23H26F5N3O/c1-2-29-15-31-13-17(20-7-6-18(24)11-21(20)31)8-9-30-12-16-4-3-5-19(10-16)32-14-23(27,28)22(25)26/h3-7,10-11,13,22,29-30H,2,8-9,12,14-15H2,1H3. The van der Waals surface area contributed by atoms with E-state index in [4.69, 9.17) is 4.74 Å². The lowest BCUT2D eigenvalue weighted by Crippen LogP contribution is -2.33. The Balaban J connectivity index is 1.56. The Hall–Kier alpha value is -2.65. The number of rotatable bonds is 12. The first kappa shape index (κ1) is 24.0. The highest BCUT2D eigenvalue weighted by Gasteiger charge is 2.41. The van der Waals surface area contributed by atoms with Gasteiger partial charge in [-0.2, -0.15) is 8.78 Å². The Morgan fingerprint density at radius 2 is 1.91 bits per heavy atom. The lowest BCUT2D eigenvalue weighted by atomic mass is 10.1. The highest BCUT2D eigenvalue weighted by Crippen LogP contribution is 2.25. The molecule has 0 saturated carbocycles. The number of nitrogens with one attached hydrogen (secondary N) is 2. The van der Waals surface area contributed by atoms with Crippen LogP contribution in [0, 0.1) is 5.82 Å². The fraction of sp³-hybridized carbons (Fsp3) is 0.391. The first-order chi connectivity index (χ1) is 15.3. The third kappa shape index (κ3) is 6.20. The normalized spacial score (nSPS) is 12.1. The molecule has 0 aliphatic heterocycles. The maximum Gasteiger partial charge on any atom is 0.340 e. The number of hydrogen-bond donors (Lipinski definition) is 2. The van der Waals surface area contributed by atoms with Crippen molar-refractivity contribution in [2.45, 2.75) is 38.9 Å². The van der Waals surface area contributed by atoms with Gasteiger partial charge >= 0.3 is 12.3 Å². The molecule has 0 amide bonds. The molecule has 1 aromatic heterocycles. The summed E-state index contributed by atoms with van der Waals surface area (Å²) in [7, 11) is 0. The predicted octanol–water partition coefficient (Wildman–Crippen LogP) is 4.96. The van der Waals surface area contributed by atoms with Gasteiger partial charge in [0.2, 0.25) is 0 Å². The van der Waals surface area contributed by atoms with Gasteiger partial charge in [-0.15, -0.1) is 0 Å². The summed E-state index contributed by atoms with van der Waals surface area (Å²) in [5.74, 6) is -4.37. The van der Waals surface area contributed by atoms with Crippen molar-refractivity contribution in [2.24, 2.45) is 0 Å². The molecule has 174 valence electrons. The van der Waals surface area contributed by atoms with Crippen LogP contribution in [-0.4, -0.2) is 36.6 Å². The van der Waals surface area contributed by atoms with Crippen LogP contribution in [0.3, 0.4) is 0 Å². The van der Waals surface area contributed by atoms with Crippen LogP contribution in [0.5, 0.6) is 5.75 Å². The van der Waals surface area contributed by atoms with Gasteiger partial charge in [-0.3, -0.25) is 5.32 Å². The first-order valence-electron chi connectivity index (χ1n) is 10.4. The average molecular weight is 455 g/mol. The summed E-state index contributed by atoms with van der Waals surface area (Å²) in [6.45, 7) is 3.09. The van der Waals surface area contributed by atoms with Crippen molar-refractivity contribution in [2.75, 3.05) is 19.7 Å². The van der Waals surface area contributed by atoms with E-state index in [1.807, 2.05) is 17.7 Å². The molecule has 4 nitrogen and oxygen atoms in total. The summed E-state index contributed by atoms with van der Waals surface area (Å²) in [6.07, 6.45) is -1.06. The molecular weight excluding hydrogens is 429 g/mol. The molecule has 0 aliphatic carbocycles. The van der Waals surface area contributed by atoms with Gasteiger partial charge in [-0.25, -0.2) is 13.2 Å². The second kappa shape index (κ2) is 10.8. The van der Waals surface area contributed by atoms with E-state index in [-0.39, 0.29) is 11.6 Å². The second-order valence-corrected chi connectivity index (χ2v) is 7.47. The van der Waals surface area contributed by atoms with Crippen LogP contribution in [0.1, 0.15) is 18.1 Å². The van der Waals surface area contributed by atoms with Crippen molar-refractivity contribution in [3.05, 3.63) is 65.6 Å². The van der Waals surface area contributed by atoms with Crippen LogP contribution >= 0.6 is 0 Å². The van der Waals surface area contributed by atoms with Gasteiger partial charge in [0.1, 0.15) is 11.6 Å². The summed E-state index contributed by atoms with van der Waals surface area (Å²) in [6, 6.07) is 11.1. The third-order valence-corrected chi connectivity index (χ3v) is 5.01. The minimum absolute atomic E-state index is 0.109. The highest BCUT2D eigenvalue weighted by atomic mass is 19.3. The number of halogens is 5. The number of hydrogen-bond acceptors (Lipinski definition) is 3. The number of aromatic nitrogens is 1. The third-order valence-electron chi connectivity index (χ3n) is 5.01. The van der Waals surface area contributed by atoms with Crippen LogP contribution in [-0.2, 0) is 19.6 Å². The number of ether oxygens (including phenoxy) is 1. The summed E-state index contributed by atoms with van der Waals surface area (Å²) in [5, 5.41) is 7.49. The van der Waals surface area contributed by atoms with Crippen LogP contribution in [0.4, 0.5) is 22.0 Å². The number of benzene rings is 2. The van der Waals surface area contributed by atoms with E-state index in [9.17, 15) is 22.0 Å². The fourth-order valence-corrected chi connectivity index (χ4v) is 3.35. The minimum Gasteiger partial charge on any atom is -0.487 e. The first-order valence-corrected chi connectivity index (χ1v) is 10.4. The van der Waals surface area contributed by atoms with Crippen molar-refractivity contribution in [3.63, 3.8) is 0 Å². The van der Waals surface area contributed by atoms with Gasteiger partial charge < -0.3 is 14.6 Å². The maximum absolute atomic E-state index is 13.7. The van der Waals surface area contributed by atoms with E-state index in [0.29, 0.717) is 26.2 Å². The number of alkyl halides is 4. The number of fused-ring (bicyclic) bond motifs is 1. The zero-order chi connectivity index (χ0) is 23.1. The molecule has 0 spiro atoms. The highest BCUT2D eigenvalue weighted by molar-refractivity contribution is 5.84. The lowest BCUT2D eigenvalue weighted by molar-refractivity contribution is -0.148. The number of nitrogens with zero attached hydrogens (tertiary/aromatic N) is 1. The van der Waals surface area contributed by atoms with Gasteiger partial charge in [0.05, 0.1) is 12.2 Å². The molecule has 32 heavy (non-hydrogen) atoms. The van der Waals surface area contributed by atoms with Gasteiger partial charge in [0.15, 0.2) is 6.61 Å². The summed E-state index contributed by atoms with van der Waals surface area (Å²) < 4.78 is 71.1. The van der Waals surface area contributed by atoms with Crippen LogP contribution < -0.4 is 15.4 Å². The molecule has 2 N–H and O–H groups in total. The Morgan fingerprint density at radius 3 is 2.66 bits per heavy atom. The molecule has 0 bridgehead atoms. The van der Waals surface area contributed by atoms with Crippen LogP contribution in [0.2, 0.25) is 0 Å². The van der Waals surface area contributed by atoms with E-state index in [1.165, 1.54) is 18.2 Å². The minimum atomic E-state index is -4.19. The van der Waals surface area contributed by atoms with E-state index in [0.717, 1.165) is 28.6 Å². The largest absolute Gasteiger partial charge is 0.487 e. The van der Waals surface area contributed by atoms with Crippen molar-refractivity contribution in [3.8, 4) is 5.75 Å². The molecule has 3 aromatic rings. The average Bonchev–Trinajstić information content (AvgIpc) is 3.10. The van der Waals surface area contributed by atoms with Gasteiger partial charge in [-0.1, -0.05) is 19.1 Å². The van der Waals surface area contributed by atoms with Crippen molar-refractivity contribution >= 4 is 10.9 Å². The van der Waals surface area contributed by atoms with E-state index < -0.39 is 19.0 Å². The molecular formula is C23H26F5N3O.